The summed E-state index contributed by atoms with van der Waals surface area (Å²) in [5, 5.41) is -0.780. The van der Waals surface area contributed by atoms with E-state index in [4.69, 9.17) is 18.0 Å². The van der Waals surface area contributed by atoms with Crippen LogP contribution in [0.3, 0.4) is 0 Å². The van der Waals surface area contributed by atoms with Crippen molar-refractivity contribution in [3.05, 3.63) is 0 Å². The van der Waals surface area contributed by atoms with Crippen LogP contribution in [-0.2, 0) is 14.6 Å². The number of sulfone groups is 1. The van der Waals surface area contributed by atoms with Crippen molar-refractivity contribution in [1.29, 1.82) is 0 Å². The second-order valence-corrected chi connectivity index (χ2v) is 8.64. The van der Waals surface area contributed by atoms with E-state index in [1.807, 2.05) is 0 Å². The average Bonchev–Trinajstić information content (AvgIpc) is 2.26. The Morgan fingerprint density at radius 1 is 1.50 bits per heavy atom. The zero-order chi connectivity index (χ0) is 14.1. The van der Waals surface area contributed by atoms with Crippen LogP contribution in [0.5, 0.6) is 0 Å². The van der Waals surface area contributed by atoms with Crippen LogP contribution in [0.2, 0.25) is 0 Å². The minimum Gasteiger partial charge on any atom is -0.392 e. The topological polar surface area (TPSA) is 80.5 Å². The van der Waals surface area contributed by atoms with Gasteiger partial charge in [0.25, 0.3) is 0 Å². The molecular weight excluding hydrogens is 292 g/mol. The number of hydrogen-bond acceptors (Lipinski definition) is 5. The van der Waals surface area contributed by atoms with E-state index in [0.29, 0.717) is 12.3 Å². The highest BCUT2D eigenvalue weighted by molar-refractivity contribution is 8.00. The van der Waals surface area contributed by atoms with Gasteiger partial charge in [-0.2, -0.15) is 11.8 Å². The summed E-state index contributed by atoms with van der Waals surface area (Å²) in [5.74, 6) is 0.814. The number of rotatable bonds is 3. The third-order valence-corrected chi connectivity index (χ3v) is 6.14. The van der Waals surface area contributed by atoms with Gasteiger partial charge in [0.15, 0.2) is 9.84 Å². The number of amides is 1. The van der Waals surface area contributed by atoms with E-state index in [1.54, 1.807) is 13.8 Å². The maximum Gasteiger partial charge on any atom is 0.236 e. The minimum absolute atomic E-state index is 0.0815. The van der Waals surface area contributed by atoms with Crippen LogP contribution < -0.4 is 5.73 Å². The fraction of sp³-hybridized carbons (Fsp3) is 0.800. The number of carbonyl (C=O) groups excluding carboxylic acids is 1. The third kappa shape index (κ3) is 3.16. The lowest BCUT2D eigenvalue weighted by Crippen LogP contribution is -2.56. The normalized spacial score (nSPS) is 21.7. The van der Waals surface area contributed by atoms with Crippen molar-refractivity contribution in [3.63, 3.8) is 0 Å². The van der Waals surface area contributed by atoms with Gasteiger partial charge in [-0.3, -0.25) is 4.79 Å². The van der Waals surface area contributed by atoms with Gasteiger partial charge in [0.2, 0.25) is 5.91 Å². The molecule has 1 saturated heterocycles. The molecular formula is C10H18N2O3S3. The molecule has 18 heavy (non-hydrogen) atoms. The molecule has 8 heteroatoms. The molecule has 0 aromatic carbocycles. The highest BCUT2D eigenvalue weighted by atomic mass is 32.2. The van der Waals surface area contributed by atoms with Crippen molar-refractivity contribution in [2.75, 3.05) is 24.3 Å². The molecule has 1 rings (SSSR count). The van der Waals surface area contributed by atoms with Crippen LogP contribution in [0, 0.1) is 5.41 Å². The first kappa shape index (κ1) is 15.7. The zero-order valence-corrected chi connectivity index (χ0v) is 13.1. The van der Waals surface area contributed by atoms with Crippen molar-refractivity contribution >= 4 is 44.7 Å². The van der Waals surface area contributed by atoms with Crippen LogP contribution in [0.1, 0.15) is 13.8 Å². The number of hydrogen-bond donors (Lipinski definition) is 1. The predicted octanol–water partition coefficient (Wildman–Crippen LogP) is 0.245. The van der Waals surface area contributed by atoms with Crippen molar-refractivity contribution < 1.29 is 13.2 Å². The summed E-state index contributed by atoms with van der Waals surface area (Å²) in [6, 6.07) is 0. The number of thiocarbonyl (C=S) groups is 1. The van der Waals surface area contributed by atoms with Gasteiger partial charge >= 0.3 is 0 Å². The molecule has 1 unspecified atom stereocenters. The Kier molecular flexibility index (Phi) is 4.66. The average molecular weight is 310 g/mol. The molecule has 0 spiro atoms. The van der Waals surface area contributed by atoms with Gasteiger partial charge in [0.05, 0.1) is 10.4 Å². The van der Waals surface area contributed by atoms with E-state index in [2.05, 4.69) is 0 Å². The molecule has 0 bridgehead atoms. The van der Waals surface area contributed by atoms with Crippen molar-refractivity contribution in [2.45, 2.75) is 19.2 Å². The third-order valence-electron chi connectivity index (χ3n) is 2.99. The van der Waals surface area contributed by atoms with Gasteiger partial charge in [-0.05, 0) is 13.8 Å². The van der Waals surface area contributed by atoms with Gasteiger partial charge in [0.1, 0.15) is 5.37 Å². The van der Waals surface area contributed by atoms with Gasteiger partial charge in [0, 0.05) is 24.3 Å². The van der Waals surface area contributed by atoms with E-state index in [0.717, 1.165) is 12.0 Å². The van der Waals surface area contributed by atoms with Crippen LogP contribution in [0.25, 0.3) is 0 Å². The lowest BCUT2D eigenvalue weighted by Gasteiger charge is -2.38. The first-order valence-corrected chi connectivity index (χ1v) is 8.98. The summed E-state index contributed by atoms with van der Waals surface area (Å²) in [6.45, 7) is 3.66. The van der Waals surface area contributed by atoms with Crippen LogP contribution in [0.4, 0.5) is 0 Å². The fourth-order valence-corrected chi connectivity index (χ4v) is 4.53. The lowest BCUT2D eigenvalue weighted by molar-refractivity contribution is -0.137. The molecule has 5 nitrogen and oxygen atoms in total. The van der Waals surface area contributed by atoms with Gasteiger partial charge in [-0.25, -0.2) is 8.42 Å². The second-order valence-electron chi connectivity index (χ2n) is 4.85. The molecule has 1 amide bonds. The second kappa shape index (κ2) is 5.34. The molecule has 1 atom stereocenters. The summed E-state index contributed by atoms with van der Waals surface area (Å²) in [5.41, 5.74) is 4.55. The molecule has 0 aliphatic carbocycles. The molecule has 104 valence electrons. The number of nitrogens with two attached hydrogens (primary N) is 1. The number of nitrogens with zero attached hydrogens (tertiary/aromatic N) is 1. The number of carbonyl (C=O) groups is 1. The van der Waals surface area contributed by atoms with Crippen LogP contribution in [0.15, 0.2) is 0 Å². The smallest absolute Gasteiger partial charge is 0.236 e. The first-order chi connectivity index (χ1) is 8.08. The lowest BCUT2D eigenvalue weighted by atomic mass is 9.91. The molecule has 0 radical (unpaired) electrons. The summed E-state index contributed by atoms with van der Waals surface area (Å²) >= 11 is 6.42. The Morgan fingerprint density at radius 3 is 2.50 bits per heavy atom. The summed E-state index contributed by atoms with van der Waals surface area (Å²) in [4.78, 5) is 13.9. The molecule has 1 fully saturated rings. The molecule has 1 aliphatic heterocycles. The highest BCUT2D eigenvalue weighted by Gasteiger charge is 2.41. The Labute approximate surface area is 117 Å². The van der Waals surface area contributed by atoms with E-state index in [9.17, 15) is 13.2 Å². The quantitative estimate of drug-likeness (QED) is 0.753. The maximum atomic E-state index is 12.4. The van der Waals surface area contributed by atoms with Gasteiger partial charge in [-0.1, -0.05) is 12.2 Å². The minimum atomic E-state index is -3.31. The van der Waals surface area contributed by atoms with Gasteiger partial charge in [-0.15, -0.1) is 0 Å². The summed E-state index contributed by atoms with van der Waals surface area (Å²) < 4.78 is 23.5. The molecule has 0 aromatic heterocycles. The van der Waals surface area contributed by atoms with Crippen molar-refractivity contribution in [1.82, 2.24) is 4.90 Å². The standard InChI is InChI=1S/C10H18N2O3S3/c1-10(2,8(11)16)9(13)12-4-5-17-6-7(12)18(3,14)15/h7H,4-6H2,1-3H3,(H2,11,16). The van der Waals surface area contributed by atoms with Gasteiger partial charge < -0.3 is 10.6 Å². The Bertz CT molecular complexity index is 459. The van der Waals surface area contributed by atoms with Crippen molar-refractivity contribution in [2.24, 2.45) is 11.1 Å². The highest BCUT2D eigenvalue weighted by Crippen LogP contribution is 2.27. The van der Waals surface area contributed by atoms with Crippen LogP contribution >= 0.6 is 24.0 Å². The Morgan fingerprint density at radius 2 is 2.06 bits per heavy atom. The monoisotopic (exact) mass is 310 g/mol. The molecule has 1 aliphatic rings. The van der Waals surface area contributed by atoms with Crippen LogP contribution in [-0.4, -0.2) is 53.9 Å². The van der Waals surface area contributed by atoms with E-state index in [-0.39, 0.29) is 10.9 Å². The zero-order valence-electron chi connectivity index (χ0n) is 10.7. The largest absolute Gasteiger partial charge is 0.392 e. The van der Waals surface area contributed by atoms with E-state index < -0.39 is 20.6 Å². The molecule has 0 aromatic rings. The Hall–Kier alpha value is -0.340. The Balaban J connectivity index is 3.06. The molecule has 2 N–H and O–H groups in total. The van der Waals surface area contributed by atoms with E-state index in [1.165, 1.54) is 16.7 Å². The maximum absolute atomic E-state index is 12.4. The SMILES string of the molecule is CC(C)(C(=O)N1CCSCC1S(C)(=O)=O)C(N)=S. The summed E-state index contributed by atoms with van der Waals surface area (Å²) in [7, 11) is -3.31. The number of thioether (sulfide) groups is 1. The molecule has 1 heterocycles. The van der Waals surface area contributed by atoms with Crippen molar-refractivity contribution in [3.8, 4) is 0 Å². The molecule has 0 saturated carbocycles. The summed E-state index contributed by atoms with van der Waals surface area (Å²) in [6.07, 6.45) is 1.15. The first-order valence-electron chi connectivity index (χ1n) is 5.46. The van der Waals surface area contributed by atoms with E-state index >= 15 is 0 Å². The predicted molar refractivity (Wildman–Crippen MR) is 78.2 cm³/mol. The fourth-order valence-electron chi connectivity index (χ4n) is 1.63.